The lowest BCUT2D eigenvalue weighted by Crippen LogP contribution is -2.60. The molecule has 8 heteroatoms. The standard InChI is InChI=1S/C18H21N3O5/c22-10-14-15(23)16(24)17(25)18(26-14)19-11-6-8-13(9-7-11)21-20-12-4-2-1-3-5-12/h1-9,14-19,22-25H,10H2/t14-,15+,16+,17+,18+/m0/s1. The van der Waals surface area contributed by atoms with E-state index in [0.717, 1.165) is 5.69 Å². The number of ether oxygens (including phenoxy) is 1. The van der Waals surface area contributed by atoms with Crippen LogP contribution in [0.25, 0.3) is 0 Å². The molecule has 0 unspecified atom stereocenters. The van der Waals surface area contributed by atoms with E-state index in [9.17, 15) is 20.4 Å². The van der Waals surface area contributed by atoms with E-state index >= 15 is 0 Å². The molecule has 2 aromatic rings. The quantitative estimate of drug-likeness (QED) is 0.512. The SMILES string of the molecule is OC[C@@H]1O[C@@H](Nc2ccc(N=Nc3ccccc3)cc2)[C@H](O)[C@H](O)[C@@H]1O. The van der Waals surface area contributed by atoms with E-state index in [-0.39, 0.29) is 0 Å². The molecule has 138 valence electrons. The summed E-state index contributed by atoms with van der Waals surface area (Å²) in [5, 5.41) is 50.0. The van der Waals surface area contributed by atoms with Crippen molar-refractivity contribution < 1.29 is 25.2 Å². The second kappa shape index (κ2) is 8.35. The van der Waals surface area contributed by atoms with E-state index in [1.54, 1.807) is 24.3 Å². The summed E-state index contributed by atoms with van der Waals surface area (Å²) >= 11 is 0. The topological polar surface area (TPSA) is 127 Å². The van der Waals surface area contributed by atoms with Gasteiger partial charge in [-0.3, -0.25) is 0 Å². The van der Waals surface area contributed by atoms with Crippen LogP contribution in [0.5, 0.6) is 0 Å². The molecule has 3 rings (SSSR count). The van der Waals surface area contributed by atoms with E-state index < -0.39 is 37.3 Å². The van der Waals surface area contributed by atoms with Gasteiger partial charge in [0.1, 0.15) is 24.4 Å². The molecule has 0 amide bonds. The third-order valence-electron chi connectivity index (χ3n) is 4.11. The summed E-state index contributed by atoms with van der Waals surface area (Å²) in [7, 11) is 0. The third kappa shape index (κ3) is 4.24. The van der Waals surface area contributed by atoms with Crippen LogP contribution in [0.1, 0.15) is 0 Å². The Hall–Kier alpha value is -2.36. The van der Waals surface area contributed by atoms with Gasteiger partial charge in [-0.2, -0.15) is 10.2 Å². The fraction of sp³-hybridized carbons (Fsp3) is 0.333. The average Bonchev–Trinajstić information content (AvgIpc) is 2.68. The van der Waals surface area contributed by atoms with Crippen LogP contribution >= 0.6 is 0 Å². The van der Waals surface area contributed by atoms with Gasteiger partial charge in [0.05, 0.1) is 18.0 Å². The Labute approximate surface area is 150 Å². The van der Waals surface area contributed by atoms with Crippen molar-refractivity contribution in [1.29, 1.82) is 0 Å². The molecule has 0 radical (unpaired) electrons. The second-order valence-electron chi connectivity index (χ2n) is 5.98. The van der Waals surface area contributed by atoms with Crippen molar-refractivity contribution in [3.63, 3.8) is 0 Å². The van der Waals surface area contributed by atoms with E-state index in [1.165, 1.54) is 0 Å². The summed E-state index contributed by atoms with van der Waals surface area (Å²) in [4.78, 5) is 0. The molecule has 1 saturated heterocycles. The lowest BCUT2D eigenvalue weighted by molar-refractivity contribution is -0.221. The van der Waals surface area contributed by atoms with Gasteiger partial charge in [0.2, 0.25) is 0 Å². The highest BCUT2D eigenvalue weighted by Crippen LogP contribution is 2.25. The maximum absolute atomic E-state index is 10.0. The Bertz CT molecular complexity index is 723. The fourth-order valence-electron chi connectivity index (χ4n) is 2.62. The maximum atomic E-state index is 10.0. The summed E-state index contributed by atoms with van der Waals surface area (Å²) in [5.41, 5.74) is 2.01. The van der Waals surface area contributed by atoms with Gasteiger partial charge >= 0.3 is 0 Å². The largest absolute Gasteiger partial charge is 0.394 e. The Morgan fingerprint density at radius 1 is 0.808 bits per heavy atom. The Balaban J connectivity index is 1.64. The Kier molecular flexibility index (Phi) is 5.92. The van der Waals surface area contributed by atoms with Crippen LogP contribution in [0.3, 0.4) is 0 Å². The number of aliphatic hydroxyl groups is 4. The van der Waals surface area contributed by atoms with Crippen LogP contribution in [0, 0.1) is 0 Å². The molecule has 1 heterocycles. The predicted octanol–water partition coefficient (Wildman–Crippen LogP) is 1.31. The summed E-state index contributed by atoms with van der Waals surface area (Å²) in [6, 6.07) is 16.3. The highest BCUT2D eigenvalue weighted by atomic mass is 16.6. The van der Waals surface area contributed by atoms with Crippen LogP contribution in [0.4, 0.5) is 17.1 Å². The molecule has 0 spiro atoms. The number of anilines is 1. The highest BCUT2D eigenvalue weighted by molar-refractivity contribution is 5.51. The Morgan fingerprint density at radius 2 is 1.42 bits per heavy atom. The van der Waals surface area contributed by atoms with E-state index in [0.29, 0.717) is 11.4 Å². The molecule has 1 aliphatic heterocycles. The number of hydrogen-bond acceptors (Lipinski definition) is 8. The fourth-order valence-corrected chi connectivity index (χ4v) is 2.62. The van der Waals surface area contributed by atoms with Crippen LogP contribution in [0.2, 0.25) is 0 Å². The molecular weight excluding hydrogens is 338 g/mol. The van der Waals surface area contributed by atoms with Gasteiger partial charge in [-0.15, -0.1) is 0 Å². The molecule has 8 nitrogen and oxygen atoms in total. The minimum absolute atomic E-state index is 0.470. The zero-order chi connectivity index (χ0) is 18.5. The molecule has 5 N–H and O–H groups in total. The van der Waals surface area contributed by atoms with Crippen LogP contribution in [0.15, 0.2) is 64.8 Å². The molecule has 0 bridgehead atoms. The van der Waals surface area contributed by atoms with E-state index in [2.05, 4.69) is 15.5 Å². The van der Waals surface area contributed by atoms with Gasteiger partial charge in [0.15, 0.2) is 6.23 Å². The number of aliphatic hydroxyl groups excluding tert-OH is 4. The molecule has 5 atom stereocenters. The molecule has 26 heavy (non-hydrogen) atoms. The zero-order valence-corrected chi connectivity index (χ0v) is 13.9. The first kappa shape index (κ1) is 18.4. The van der Waals surface area contributed by atoms with Crippen molar-refractivity contribution in [2.75, 3.05) is 11.9 Å². The van der Waals surface area contributed by atoms with Crippen molar-refractivity contribution in [2.24, 2.45) is 10.2 Å². The van der Waals surface area contributed by atoms with Gasteiger partial charge < -0.3 is 30.5 Å². The highest BCUT2D eigenvalue weighted by Gasteiger charge is 2.43. The second-order valence-corrected chi connectivity index (χ2v) is 5.98. The number of hydrogen-bond donors (Lipinski definition) is 5. The third-order valence-corrected chi connectivity index (χ3v) is 4.11. The van der Waals surface area contributed by atoms with Crippen LogP contribution in [-0.2, 0) is 4.74 Å². The molecule has 1 fully saturated rings. The maximum Gasteiger partial charge on any atom is 0.157 e. The smallest absolute Gasteiger partial charge is 0.157 e. The number of nitrogens with zero attached hydrogens (tertiary/aromatic N) is 2. The first-order chi connectivity index (χ1) is 12.6. The molecule has 2 aromatic carbocycles. The van der Waals surface area contributed by atoms with Gasteiger partial charge in [0.25, 0.3) is 0 Å². The van der Waals surface area contributed by atoms with E-state index in [4.69, 9.17) is 4.74 Å². The lowest BCUT2D eigenvalue weighted by atomic mass is 9.98. The number of rotatable bonds is 5. The van der Waals surface area contributed by atoms with E-state index in [1.807, 2.05) is 30.3 Å². The van der Waals surface area contributed by atoms with Gasteiger partial charge in [-0.1, -0.05) is 18.2 Å². The first-order valence-corrected chi connectivity index (χ1v) is 8.22. The van der Waals surface area contributed by atoms with Crippen molar-refractivity contribution in [3.8, 4) is 0 Å². The summed E-state index contributed by atoms with van der Waals surface area (Å²) in [6.07, 6.45) is -6.07. The van der Waals surface area contributed by atoms with Gasteiger partial charge in [-0.05, 0) is 36.4 Å². The monoisotopic (exact) mass is 359 g/mol. The molecule has 0 aromatic heterocycles. The molecule has 0 saturated carbocycles. The van der Waals surface area contributed by atoms with Crippen molar-refractivity contribution in [3.05, 3.63) is 54.6 Å². The minimum Gasteiger partial charge on any atom is -0.394 e. The Morgan fingerprint density at radius 3 is 2.04 bits per heavy atom. The van der Waals surface area contributed by atoms with Gasteiger partial charge in [-0.25, -0.2) is 0 Å². The number of azo groups is 1. The normalized spacial score (nSPS) is 29.0. The van der Waals surface area contributed by atoms with Crippen LogP contribution < -0.4 is 5.32 Å². The van der Waals surface area contributed by atoms with Crippen LogP contribution in [-0.4, -0.2) is 57.7 Å². The average molecular weight is 359 g/mol. The predicted molar refractivity (Wildman–Crippen MR) is 94.4 cm³/mol. The summed E-state index contributed by atoms with van der Waals surface area (Å²) in [5.74, 6) is 0. The lowest BCUT2D eigenvalue weighted by Gasteiger charge is -2.40. The number of nitrogens with one attached hydrogen (secondary N) is 1. The van der Waals surface area contributed by atoms with Crippen molar-refractivity contribution in [2.45, 2.75) is 30.6 Å². The summed E-state index contributed by atoms with van der Waals surface area (Å²) in [6.45, 7) is -0.470. The molecular formula is C18H21N3O5. The van der Waals surface area contributed by atoms with Crippen molar-refractivity contribution >= 4 is 17.1 Å². The first-order valence-electron chi connectivity index (χ1n) is 8.22. The van der Waals surface area contributed by atoms with Crippen molar-refractivity contribution in [1.82, 2.24) is 0 Å². The molecule has 0 aliphatic carbocycles. The summed E-state index contributed by atoms with van der Waals surface area (Å²) < 4.78 is 5.41. The molecule has 1 aliphatic rings. The zero-order valence-electron chi connectivity index (χ0n) is 13.9. The number of benzene rings is 2. The van der Waals surface area contributed by atoms with Gasteiger partial charge in [0, 0.05) is 5.69 Å². The minimum atomic E-state index is -1.42.